The summed E-state index contributed by atoms with van der Waals surface area (Å²) >= 11 is 0. The lowest BCUT2D eigenvalue weighted by atomic mass is 9.93. The summed E-state index contributed by atoms with van der Waals surface area (Å²) in [4.78, 5) is 13.0. The number of likely N-dealkylation sites (tertiary alicyclic amines) is 1. The topological polar surface area (TPSA) is 40.5 Å². The number of aliphatic carboxylic acids is 1. The molecule has 1 fully saturated rings. The molecule has 15 heavy (non-hydrogen) atoms. The summed E-state index contributed by atoms with van der Waals surface area (Å²) in [6.07, 6.45) is 6.64. The molecule has 1 aliphatic heterocycles. The van der Waals surface area contributed by atoms with E-state index in [1.165, 1.54) is 6.42 Å². The quantitative estimate of drug-likeness (QED) is 0.540. The largest absolute Gasteiger partial charge is 0.481 e. The molecule has 0 radical (unpaired) electrons. The molecule has 1 saturated heterocycles. The van der Waals surface area contributed by atoms with Crippen LogP contribution in [0.25, 0.3) is 0 Å². The molecule has 0 amide bonds. The number of rotatable bonds is 6. The molecular formula is C12H21NO2. The molecule has 0 aromatic rings. The first-order valence-corrected chi connectivity index (χ1v) is 5.77. The van der Waals surface area contributed by atoms with Crippen LogP contribution < -0.4 is 0 Å². The molecule has 1 N–H and O–H groups in total. The number of carboxylic acid groups (broad SMARTS) is 1. The first kappa shape index (κ1) is 12.2. The SMILES string of the molecule is C=CCCCN1CCC(CC(=O)O)CC1. The van der Waals surface area contributed by atoms with E-state index in [0.717, 1.165) is 38.9 Å². The van der Waals surface area contributed by atoms with E-state index in [1.807, 2.05) is 6.08 Å². The van der Waals surface area contributed by atoms with E-state index in [-0.39, 0.29) is 0 Å². The van der Waals surface area contributed by atoms with Crippen molar-refractivity contribution >= 4 is 5.97 Å². The summed E-state index contributed by atoms with van der Waals surface area (Å²) in [5.74, 6) is -0.252. The van der Waals surface area contributed by atoms with Gasteiger partial charge in [-0.2, -0.15) is 0 Å². The number of piperidine rings is 1. The second-order valence-corrected chi connectivity index (χ2v) is 4.31. The minimum absolute atomic E-state index is 0.348. The number of carboxylic acids is 1. The molecule has 0 saturated carbocycles. The number of carbonyl (C=O) groups is 1. The third-order valence-corrected chi connectivity index (χ3v) is 3.05. The van der Waals surface area contributed by atoms with E-state index >= 15 is 0 Å². The van der Waals surface area contributed by atoms with Crippen LogP contribution in [0.4, 0.5) is 0 Å². The zero-order valence-electron chi connectivity index (χ0n) is 9.32. The Hall–Kier alpha value is -0.830. The van der Waals surface area contributed by atoms with Crippen molar-refractivity contribution in [1.82, 2.24) is 4.90 Å². The van der Waals surface area contributed by atoms with E-state index in [4.69, 9.17) is 5.11 Å². The first-order chi connectivity index (χ1) is 7.22. The molecule has 0 aromatic heterocycles. The molecule has 0 spiro atoms. The summed E-state index contributed by atoms with van der Waals surface area (Å²) < 4.78 is 0. The lowest BCUT2D eigenvalue weighted by Gasteiger charge is -2.31. The third-order valence-electron chi connectivity index (χ3n) is 3.05. The maximum atomic E-state index is 10.5. The van der Waals surface area contributed by atoms with Crippen molar-refractivity contribution in [2.24, 2.45) is 5.92 Å². The van der Waals surface area contributed by atoms with Crippen molar-refractivity contribution in [1.29, 1.82) is 0 Å². The van der Waals surface area contributed by atoms with Gasteiger partial charge in [-0.3, -0.25) is 4.79 Å². The van der Waals surface area contributed by atoms with Gasteiger partial charge in [0.25, 0.3) is 0 Å². The summed E-state index contributed by atoms with van der Waals surface area (Å²) in [6.45, 7) is 6.96. The Morgan fingerprint density at radius 1 is 1.47 bits per heavy atom. The standard InChI is InChI=1S/C12H21NO2/c1-2-3-4-7-13-8-5-11(6-9-13)10-12(14)15/h2,11H,1,3-10H2,(H,14,15). The molecule has 0 unspecified atom stereocenters. The lowest BCUT2D eigenvalue weighted by molar-refractivity contribution is -0.138. The predicted molar refractivity (Wildman–Crippen MR) is 60.8 cm³/mol. The highest BCUT2D eigenvalue weighted by molar-refractivity contribution is 5.67. The van der Waals surface area contributed by atoms with Gasteiger partial charge in [-0.15, -0.1) is 6.58 Å². The maximum absolute atomic E-state index is 10.5. The van der Waals surface area contributed by atoms with Gasteiger partial charge in [0.05, 0.1) is 0 Å². The second-order valence-electron chi connectivity index (χ2n) is 4.31. The van der Waals surface area contributed by atoms with E-state index in [9.17, 15) is 4.79 Å². The van der Waals surface area contributed by atoms with Gasteiger partial charge in [0, 0.05) is 6.42 Å². The zero-order chi connectivity index (χ0) is 11.1. The summed E-state index contributed by atoms with van der Waals surface area (Å²) in [5.41, 5.74) is 0. The predicted octanol–water partition coefficient (Wildman–Crippen LogP) is 2.14. The lowest BCUT2D eigenvalue weighted by Crippen LogP contribution is -2.34. The fraction of sp³-hybridized carbons (Fsp3) is 0.750. The molecule has 0 atom stereocenters. The number of unbranched alkanes of at least 4 members (excludes halogenated alkanes) is 1. The van der Waals surface area contributed by atoms with Crippen LogP contribution in [0.5, 0.6) is 0 Å². The van der Waals surface area contributed by atoms with E-state index in [0.29, 0.717) is 12.3 Å². The van der Waals surface area contributed by atoms with Crippen molar-refractivity contribution in [3.8, 4) is 0 Å². The number of hydrogen-bond donors (Lipinski definition) is 1. The van der Waals surface area contributed by atoms with Gasteiger partial charge in [-0.05, 0) is 51.2 Å². The molecule has 3 heteroatoms. The molecule has 1 aliphatic rings. The van der Waals surface area contributed by atoms with E-state index < -0.39 is 5.97 Å². The van der Waals surface area contributed by atoms with Crippen LogP contribution in [0.2, 0.25) is 0 Å². The van der Waals surface area contributed by atoms with Crippen LogP contribution in [0, 0.1) is 5.92 Å². The molecule has 3 nitrogen and oxygen atoms in total. The van der Waals surface area contributed by atoms with Crippen molar-refractivity contribution < 1.29 is 9.90 Å². The highest BCUT2D eigenvalue weighted by Gasteiger charge is 2.20. The van der Waals surface area contributed by atoms with Gasteiger partial charge in [0.15, 0.2) is 0 Å². The summed E-state index contributed by atoms with van der Waals surface area (Å²) in [5, 5.41) is 8.68. The zero-order valence-corrected chi connectivity index (χ0v) is 9.32. The monoisotopic (exact) mass is 211 g/mol. The maximum Gasteiger partial charge on any atom is 0.303 e. The first-order valence-electron chi connectivity index (χ1n) is 5.77. The van der Waals surface area contributed by atoms with Gasteiger partial charge in [0.2, 0.25) is 0 Å². The minimum Gasteiger partial charge on any atom is -0.481 e. The average molecular weight is 211 g/mol. The average Bonchev–Trinajstić information content (AvgIpc) is 2.20. The highest BCUT2D eigenvalue weighted by Crippen LogP contribution is 2.20. The van der Waals surface area contributed by atoms with Crippen LogP contribution in [-0.4, -0.2) is 35.6 Å². The molecule has 0 aliphatic carbocycles. The number of allylic oxidation sites excluding steroid dienone is 1. The van der Waals surface area contributed by atoms with Gasteiger partial charge in [0.1, 0.15) is 0 Å². The fourth-order valence-electron chi connectivity index (χ4n) is 2.12. The molecular weight excluding hydrogens is 190 g/mol. The highest BCUT2D eigenvalue weighted by atomic mass is 16.4. The summed E-state index contributed by atoms with van der Waals surface area (Å²) in [6, 6.07) is 0. The Balaban J connectivity index is 2.12. The number of hydrogen-bond acceptors (Lipinski definition) is 2. The Morgan fingerprint density at radius 2 is 2.13 bits per heavy atom. The Labute approximate surface area is 91.8 Å². The van der Waals surface area contributed by atoms with Crippen LogP contribution >= 0.6 is 0 Å². The molecule has 0 bridgehead atoms. The van der Waals surface area contributed by atoms with E-state index in [1.54, 1.807) is 0 Å². The van der Waals surface area contributed by atoms with Crippen LogP contribution in [0.15, 0.2) is 12.7 Å². The Kier molecular flexibility index (Phi) is 5.40. The number of nitrogens with zero attached hydrogens (tertiary/aromatic N) is 1. The smallest absolute Gasteiger partial charge is 0.303 e. The Morgan fingerprint density at radius 3 is 2.67 bits per heavy atom. The van der Waals surface area contributed by atoms with Gasteiger partial charge >= 0.3 is 5.97 Å². The van der Waals surface area contributed by atoms with E-state index in [2.05, 4.69) is 11.5 Å². The van der Waals surface area contributed by atoms with Crippen molar-refractivity contribution in [3.05, 3.63) is 12.7 Å². The van der Waals surface area contributed by atoms with Gasteiger partial charge in [-0.25, -0.2) is 0 Å². The fourth-order valence-corrected chi connectivity index (χ4v) is 2.12. The normalized spacial score (nSPS) is 18.9. The van der Waals surface area contributed by atoms with Crippen molar-refractivity contribution in [2.45, 2.75) is 32.1 Å². The van der Waals surface area contributed by atoms with Crippen LogP contribution in [-0.2, 0) is 4.79 Å². The van der Waals surface area contributed by atoms with Gasteiger partial charge < -0.3 is 10.0 Å². The van der Waals surface area contributed by atoms with Crippen LogP contribution in [0.3, 0.4) is 0 Å². The van der Waals surface area contributed by atoms with Gasteiger partial charge in [-0.1, -0.05) is 6.08 Å². The third kappa shape index (κ3) is 4.98. The second kappa shape index (κ2) is 6.62. The summed E-state index contributed by atoms with van der Waals surface area (Å²) in [7, 11) is 0. The molecule has 86 valence electrons. The van der Waals surface area contributed by atoms with Crippen molar-refractivity contribution in [2.75, 3.05) is 19.6 Å². The minimum atomic E-state index is -0.653. The molecule has 0 aromatic carbocycles. The Bertz CT molecular complexity index is 208. The van der Waals surface area contributed by atoms with Crippen molar-refractivity contribution in [3.63, 3.8) is 0 Å². The molecule has 1 rings (SSSR count). The molecule has 1 heterocycles. The van der Waals surface area contributed by atoms with Crippen LogP contribution in [0.1, 0.15) is 32.1 Å².